The van der Waals surface area contributed by atoms with Crippen molar-refractivity contribution in [2.24, 2.45) is 0 Å². The van der Waals surface area contributed by atoms with Gasteiger partial charge in [-0.25, -0.2) is 13.4 Å². The lowest BCUT2D eigenvalue weighted by atomic mass is 10.5. The minimum absolute atomic E-state index is 0.697. The number of pyridine rings is 1. The summed E-state index contributed by atoms with van der Waals surface area (Å²) in [6.45, 7) is 0. The number of nitrogens with two attached hydrogens (primary N) is 1. The van der Waals surface area contributed by atoms with Gasteiger partial charge in [0.1, 0.15) is 0 Å². The summed E-state index contributed by atoms with van der Waals surface area (Å²) in [6.07, 6.45) is 1.79. The van der Waals surface area contributed by atoms with E-state index in [1.165, 1.54) is 0 Å². The highest BCUT2D eigenvalue weighted by molar-refractivity contribution is 7.86. The largest absolute Gasteiger partial charge is 0.741 e. The fourth-order valence-corrected chi connectivity index (χ4v) is 0.407. The number of nitrogens with one attached hydrogen (secondary N) is 1. The molecule has 0 aliphatic heterocycles. The molecule has 15 heavy (non-hydrogen) atoms. The van der Waals surface area contributed by atoms with Crippen molar-refractivity contribution in [2.75, 3.05) is 5.73 Å². The van der Waals surface area contributed by atoms with Gasteiger partial charge in [0, 0.05) is 6.07 Å². The molecule has 1 aromatic heterocycles. The van der Waals surface area contributed by atoms with Crippen LogP contribution in [0.2, 0.25) is 0 Å². The Hall–Kier alpha value is -1.35. The zero-order chi connectivity index (χ0) is 12.1. The molecule has 0 amide bonds. The second kappa shape index (κ2) is 4.94. The van der Waals surface area contributed by atoms with Crippen molar-refractivity contribution in [3.8, 4) is 0 Å². The van der Waals surface area contributed by atoms with Crippen molar-refractivity contribution in [1.82, 2.24) is 0 Å². The minimum Gasteiger partial charge on any atom is -0.741 e. The SMILES string of the molecule is Nc1cccc[nH+]1.O=S(=O)([O-])C(F)(F)F. The first-order valence-corrected chi connectivity index (χ1v) is 4.80. The third-order valence-corrected chi connectivity index (χ3v) is 1.58. The van der Waals surface area contributed by atoms with E-state index >= 15 is 0 Å². The summed E-state index contributed by atoms with van der Waals surface area (Å²) in [5.74, 6) is 0.697. The summed E-state index contributed by atoms with van der Waals surface area (Å²) in [5, 5.41) is 0. The number of halogens is 3. The van der Waals surface area contributed by atoms with Crippen molar-refractivity contribution < 1.29 is 31.1 Å². The van der Waals surface area contributed by atoms with Crippen LogP contribution in [0.1, 0.15) is 0 Å². The van der Waals surface area contributed by atoms with Crippen LogP contribution in [0, 0.1) is 0 Å². The quantitative estimate of drug-likeness (QED) is 0.518. The van der Waals surface area contributed by atoms with Crippen LogP contribution in [0.25, 0.3) is 0 Å². The Labute approximate surface area is 83.5 Å². The number of aromatic amines is 1. The number of hydrogen-bond acceptors (Lipinski definition) is 4. The van der Waals surface area contributed by atoms with E-state index in [1.807, 2.05) is 12.1 Å². The zero-order valence-electron chi connectivity index (χ0n) is 7.15. The Kier molecular flexibility index (Phi) is 4.49. The molecule has 0 unspecified atom stereocenters. The molecular formula is C6H7F3N2O3S. The van der Waals surface area contributed by atoms with E-state index in [9.17, 15) is 13.2 Å². The monoisotopic (exact) mass is 244 g/mol. The molecule has 1 aromatic rings. The Bertz CT molecular complexity index is 390. The van der Waals surface area contributed by atoms with Crippen LogP contribution in [0.4, 0.5) is 19.0 Å². The standard InChI is InChI=1S/C5H6N2.CHF3O3S/c6-5-3-1-2-4-7-5;2-1(3,4)8(5,6)7/h1-4H,(H2,6,7);(H,5,6,7). The van der Waals surface area contributed by atoms with Gasteiger partial charge in [-0.3, -0.25) is 5.73 Å². The summed E-state index contributed by atoms with van der Waals surface area (Å²) < 4.78 is 58.9. The fraction of sp³-hybridized carbons (Fsp3) is 0.167. The smallest absolute Gasteiger partial charge is 0.485 e. The zero-order valence-corrected chi connectivity index (χ0v) is 7.97. The number of aromatic nitrogens is 1. The third kappa shape index (κ3) is 5.86. The van der Waals surface area contributed by atoms with Crippen molar-refractivity contribution in [2.45, 2.75) is 5.51 Å². The fourth-order valence-electron chi connectivity index (χ4n) is 0.407. The van der Waals surface area contributed by atoms with Crippen LogP contribution in [-0.2, 0) is 10.1 Å². The summed E-state index contributed by atoms with van der Waals surface area (Å²) in [7, 11) is -6.09. The molecule has 0 bridgehead atoms. The van der Waals surface area contributed by atoms with E-state index in [4.69, 9.17) is 18.7 Å². The van der Waals surface area contributed by atoms with E-state index in [0.29, 0.717) is 5.82 Å². The summed E-state index contributed by atoms with van der Waals surface area (Å²) in [4.78, 5) is 2.81. The highest BCUT2D eigenvalue weighted by Crippen LogP contribution is 2.20. The molecule has 3 N–H and O–H groups in total. The van der Waals surface area contributed by atoms with Gasteiger partial charge in [-0.15, -0.1) is 0 Å². The van der Waals surface area contributed by atoms with Crippen LogP contribution in [-0.4, -0.2) is 18.5 Å². The number of hydrogen-bond donors (Lipinski definition) is 1. The lowest BCUT2D eigenvalue weighted by Crippen LogP contribution is -2.21. The average molecular weight is 244 g/mol. The molecule has 86 valence electrons. The predicted molar refractivity (Wildman–Crippen MR) is 43.2 cm³/mol. The molecule has 1 heterocycles. The normalized spacial score (nSPS) is 11.5. The molecule has 0 fully saturated rings. The van der Waals surface area contributed by atoms with Gasteiger partial charge in [0.2, 0.25) is 0 Å². The molecular weight excluding hydrogens is 237 g/mol. The first-order valence-electron chi connectivity index (χ1n) is 3.39. The maximum Gasteiger partial charge on any atom is 0.485 e. The molecule has 0 saturated heterocycles. The Morgan fingerprint density at radius 1 is 1.33 bits per heavy atom. The molecule has 5 nitrogen and oxygen atoms in total. The molecule has 0 atom stereocenters. The van der Waals surface area contributed by atoms with Gasteiger partial charge in [-0.1, -0.05) is 6.07 Å². The highest BCUT2D eigenvalue weighted by Gasteiger charge is 2.36. The van der Waals surface area contributed by atoms with Crippen LogP contribution < -0.4 is 10.7 Å². The van der Waals surface area contributed by atoms with Gasteiger partial charge in [0.25, 0.3) is 5.82 Å². The van der Waals surface area contributed by atoms with E-state index in [1.54, 1.807) is 12.3 Å². The number of rotatable bonds is 0. The van der Waals surface area contributed by atoms with Crippen molar-refractivity contribution in [1.29, 1.82) is 0 Å². The average Bonchev–Trinajstić information content (AvgIpc) is 2.02. The third-order valence-electron chi connectivity index (χ3n) is 1.02. The van der Waals surface area contributed by atoms with E-state index in [-0.39, 0.29) is 0 Å². The van der Waals surface area contributed by atoms with Crippen LogP contribution in [0.3, 0.4) is 0 Å². The molecule has 0 aromatic carbocycles. The second-order valence-corrected chi connectivity index (χ2v) is 3.59. The van der Waals surface area contributed by atoms with E-state index < -0.39 is 15.6 Å². The molecule has 0 spiro atoms. The van der Waals surface area contributed by atoms with Crippen molar-refractivity contribution >= 4 is 15.9 Å². The van der Waals surface area contributed by atoms with Crippen molar-refractivity contribution in [3.63, 3.8) is 0 Å². The van der Waals surface area contributed by atoms with Gasteiger partial charge in [-0.2, -0.15) is 13.2 Å². The molecule has 0 saturated carbocycles. The van der Waals surface area contributed by atoms with Gasteiger partial charge in [0.15, 0.2) is 10.1 Å². The first kappa shape index (κ1) is 13.7. The summed E-state index contributed by atoms with van der Waals surface area (Å²) >= 11 is 0. The number of H-pyrrole nitrogens is 1. The van der Waals surface area contributed by atoms with Crippen LogP contribution in [0.15, 0.2) is 24.4 Å². The van der Waals surface area contributed by atoms with Gasteiger partial charge >= 0.3 is 5.51 Å². The molecule has 0 radical (unpaired) electrons. The molecule has 1 rings (SSSR count). The van der Waals surface area contributed by atoms with Gasteiger partial charge in [0.05, 0.1) is 6.20 Å². The predicted octanol–water partition coefficient (Wildman–Crippen LogP) is 0.134. The highest BCUT2D eigenvalue weighted by atomic mass is 32.2. The van der Waals surface area contributed by atoms with E-state index in [2.05, 4.69) is 4.98 Å². The van der Waals surface area contributed by atoms with Crippen LogP contribution >= 0.6 is 0 Å². The Morgan fingerprint density at radius 2 is 1.80 bits per heavy atom. The molecule has 0 aliphatic rings. The maximum atomic E-state index is 10.7. The summed E-state index contributed by atoms with van der Waals surface area (Å²) in [5.41, 5.74) is -0.344. The lowest BCUT2D eigenvalue weighted by Gasteiger charge is -2.08. The maximum absolute atomic E-state index is 10.7. The van der Waals surface area contributed by atoms with Gasteiger partial charge in [-0.05, 0) is 6.07 Å². The topological polar surface area (TPSA) is 97.4 Å². The first-order chi connectivity index (χ1) is 6.64. The number of nitrogen functional groups attached to an aromatic ring is 1. The summed E-state index contributed by atoms with van der Waals surface area (Å²) in [6, 6.07) is 5.57. The van der Waals surface area contributed by atoms with Crippen molar-refractivity contribution in [3.05, 3.63) is 24.4 Å². The molecule has 9 heteroatoms. The van der Waals surface area contributed by atoms with Crippen LogP contribution in [0.5, 0.6) is 0 Å². The molecule has 0 aliphatic carbocycles. The Morgan fingerprint density at radius 3 is 1.93 bits per heavy atom. The minimum atomic E-state index is -6.09. The van der Waals surface area contributed by atoms with Gasteiger partial charge < -0.3 is 4.55 Å². The van der Waals surface area contributed by atoms with E-state index in [0.717, 1.165) is 0 Å². The Balaban J connectivity index is 0.000000262. The number of alkyl halides is 3. The lowest BCUT2D eigenvalue weighted by molar-refractivity contribution is -0.360. The number of anilines is 1. The second-order valence-electron chi connectivity index (χ2n) is 2.22.